The van der Waals surface area contributed by atoms with E-state index in [1.54, 1.807) is 32.9 Å². The second-order valence-electron chi connectivity index (χ2n) is 8.52. The van der Waals surface area contributed by atoms with E-state index in [-0.39, 0.29) is 6.61 Å². The number of anilines is 2. The molecule has 0 saturated carbocycles. The molecular weight excluding hydrogens is 420 g/mol. The number of nitrogens with zero attached hydrogens (tertiary/aromatic N) is 2. The van der Waals surface area contributed by atoms with Gasteiger partial charge in [-0.2, -0.15) is 0 Å². The van der Waals surface area contributed by atoms with Crippen LogP contribution in [-0.4, -0.2) is 33.9 Å². The first kappa shape index (κ1) is 23.8. The van der Waals surface area contributed by atoms with Crippen LogP contribution in [0.1, 0.15) is 32.8 Å². The van der Waals surface area contributed by atoms with Gasteiger partial charge in [-0.05, 0) is 57.4 Å². The first-order chi connectivity index (χ1) is 15.7. The summed E-state index contributed by atoms with van der Waals surface area (Å²) in [6, 6.07) is 15.6. The van der Waals surface area contributed by atoms with E-state index in [1.807, 2.05) is 28.8 Å². The average Bonchev–Trinajstić information content (AvgIpc) is 3.07. The Morgan fingerprint density at radius 3 is 2.55 bits per heavy atom. The van der Waals surface area contributed by atoms with Gasteiger partial charge < -0.3 is 14.0 Å². The second kappa shape index (κ2) is 10.7. The number of carbonyl (C=O) groups is 2. The molecular formula is C25H30N4O4. The van der Waals surface area contributed by atoms with Crippen molar-refractivity contribution >= 4 is 34.9 Å². The van der Waals surface area contributed by atoms with E-state index in [4.69, 9.17) is 9.47 Å². The van der Waals surface area contributed by atoms with Gasteiger partial charge in [0.1, 0.15) is 12.2 Å². The molecule has 2 N–H and O–H groups in total. The van der Waals surface area contributed by atoms with Crippen molar-refractivity contribution < 1.29 is 19.1 Å². The Morgan fingerprint density at radius 2 is 1.85 bits per heavy atom. The molecule has 0 aliphatic heterocycles. The fourth-order valence-electron chi connectivity index (χ4n) is 3.30. The summed E-state index contributed by atoms with van der Waals surface area (Å²) in [6.45, 7) is 9.69. The summed E-state index contributed by atoms with van der Waals surface area (Å²) < 4.78 is 12.3. The van der Waals surface area contributed by atoms with Crippen LogP contribution in [0.5, 0.6) is 0 Å². The number of fused-ring (bicyclic) bond motifs is 1. The molecule has 0 unspecified atom stereocenters. The number of benzene rings is 2. The summed E-state index contributed by atoms with van der Waals surface area (Å²) in [5.41, 5.74) is 2.65. The van der Waals surface area contributed by atoms with Crippen molar-refractivity contribution in [3.8, 4) is 0 Å². The fourth-order valence-corrected chi connectivity index (χ4v) is 3.30. The van der Waals surface area contributed by atoms with Crippen LogP contribution < -0.4 is 10.6 Å². The minimum Gasteiger partial charge on any atom is -0.445 e. The van der Waals surface area contributed by atoms with Crippen LogP contribution in [-0.2, 0) is 22.4 Å². The third-order valence-electron chi connectivity index (χ3n) is 4.63. The average molecular weight is 451 g/mol. The van der Waals surface area contributed by atoms with Crippen molar-refractivity contribution in [3.05, 3.63) is 66.7 Å². The van der Waals surface area contributed by atoms with E-state index < -0.39 is 17.8 Å². The number of nitrogens with one attached hydrogen (secondary N) is 2. The zero-order valence-electron chi connectivity index (χ0n) is 19.3. The molecule has 2 aromatic carbocycles. The van der Waals surface area contributed by atoms with Gasteiger partial charge in [0, 0.05) is 12.2 Å². The molecule has 1 heterocycles. The summed E-state index contributed by atoms with van der Waals surface area (Å²) in [7, 11) is 0. The molecule has 1 aromatic heterocycles. The van der Waals surface area contributed by atoms with Crippen molar-refractivity contribution in [3.63, 3.8) is 0 Å². The Labute approximate surface area is 193 Å². The molecule has 0 aliphatic rings. The van der Waals surface area contributed by atoms with E-state index in [0.29, 0.717) is 23.7 Å². The predicted molar refractivity (Wildman–Crippen MR) is 130 cm³/mol. The largest absolute Gasteiger partial charge is 0.445 e. The van der Waals surface area contributed by atoms with Gasteiger partial charge in [-0.25, -0.2) is 14.6 Å². The predicted octanol–water partition coefficient (Wildman–Crippen LogP) is 5.75. The van der Waals surface area contributed by atoms with Crippen LogP contribution >= 0.6 is 0 Å². The van der Waals surface area contributed by atoms with Crippen LogP contribution in [0.15, 0.2) is 61.2 Å². The van der Waals surface area contributed by atoms with E-state index in [2.05, 4.69) is 34.3 Å². The number of ether oxygens (including phenoxy) is 2. The van der Waals surface area contributed by atoms with Gasteiger partial charge >= 0.3 is 12.2 Å². The van der Waals surface area contributed by atoms with Crippen LogP contribution in [0.2, 0.25) is 0 Å². The number of imidazole rings is 1. The molecule has 0 saturated heterocycles. The van der Waals surface area contributed by atoms with Crippen molar-refractivity contribution in [2.45, 2.75) is 45.8 Å². The minimum atomic E-state index is -0.610. The topological polar surface area (TPSA) is 94.5 Å². The smallest absolute Gasteiger partial charge is 0.414 e. The second-order valence-corrected chi connectivity index (χ2v) is 8.52. The Morgan fingerprint density at radius 1 is 1.09 bits per heavy atom. The van der Waals surface area contributed by atoms with Crippen molar-refractivity contribution in [2.75, 3.05) is 17.2 Å². The van der Waals surface area contributed by atoms with Gasteiger partial charge in [0.2, 0.25) is 5.95 Å². The molecule has 0 aliphatic carbocycles. The lowest BCUT2D eigenvalue weighted by molar-refractivity contribution is 0.0636. The van der Waals surface area contributed by atoms with E-state index in [1.165, 1.54) is 11.6 Å². The maximum atomic E-state index is 12.1. The zero-order chi connectivity index (χ0) is 23.8. The zero-order valence-corrected chi connectivity index (χ0v) is 19.3. The highest BCUT2D eigenvalue weighted by Crippen LogP contribution is 2.25. The highest BCUT2D eigenvalue weighted by atomic mass is 16.6. The van der Waals surface area contributed by atoms with Crippen LogP contribution in [0, 0.1) is 0 Å². The molecule has 0 spiro atoms. The van der Waals surface area contributed by atoms with E-state index in [0.717, 1.165) is 18.4 Å². The normalized spacial score (nSPS) is 11.1. The SMILES string of the molecule is C=CCOC(=O)Nc1nc2cc(NC(=O)OC(C)(C)C)ccc2n1CCCc1ccccc1. The molecule has 2 amide bonds. The summed E-state index contributed by atoms with van der Waals surface area (Å²) in [5.74, 6) is 0.376. The Hall–Kier alpha value is -3.81. The molecule has 0 fully saturated rings. The Balaban J connectivity index is 1.81. The van der Waals surface area contributed by atoms with Gasteiger partial charge in [0.15, 0.2) is 0 Å². The Bertz CT molecular complexity index is 1120. The number of hydrogen-bond acceptors (Lipinski definition) is 5. The summed E-state index contributed by atoms with van der Waals surface area (Å²) in [4.78, 5) is 28.8. The quantitative estimate of drug-likeness (QED) is 0.426. The van der Waals surface area contributed by atoms with Crippen LogP contribution in [0.25, 0.3) is 11.0 Å². The molecule has 174 valence electrons. The molecule has 0 radical (unpaired) electrons. The van der Waals surface area contributed by atoms with Gasteiger partial charge in [0.05, 0.1) is 11.0 Å². The van der Waals surface area contributed by atoms with Crippen molar-refractivity contribution in [1.29, 1.82) is 0 Å². The lowest BCUT2D eigenvalue weighted by Crippen LogP contribution is -2.27. The first-order valence-electron chi connectivity index (χ1n) is 10.8. The van der Waals surface area contributed by atoms with Gasteiger partial charge in [0.25, 0.3) is 0 Å². The molecule has 0 bridgehead atoms. The highest BCUT2D eigenvalue weighted by Gasteiger charge is 2.18. The van der Waals surface area contributed by atoms with Crippen molar-refractivity contribution in [1.82, 2.24) is 9.55 Å². The van der Waals surface area contributed by atoms with E-state index in [9.17, 15) is 9.59 Å². The summed E-state index contributed by atoms with van der Waals surface area (Å²) in [6.07, 6.45) is 2.08. The first-order valence-corrected chi connectivity index (χ1v) is 10.8. The van der Waals surface area contributed by atoms with E-state index >= 15 is 0 Å². The summed E-state index contributed by atoms with van der Waals surface area (Å²) >= 11 is 0. The number of carbonyl (C=O) groups excluding carboxylic acids is 2. The summed E-state index contributed by atoms with van der Waals surface area (Å²) in [5, 5.41) is 5.42. The molecule has 8 nitrogen and oxygen atoms in total. The minimum absolute atomic E-state index is 0.101. The lowest BCUT2D eigenvalue weighted by atomic mass is 10.1. The fraction of sp³-hybridized carbons (Fsp3) is 0.320. The van der Waals surface area contributed by atoms with Crippen molar-refractivity contribution in [2.24, 2.45) is 0 Å². The number of aryl methyl sites for hydroxylation is 2. The highest BCUT2D eigenvalue weighted by molar-refractivity contribution is 5.91. The van der Waals surface area contributed by atoms with Gasteiger partial charge in [-0.1, -0.05) is 43.0 Å². The number of rotatable bonds is 8. The van der Waals surface area contributed by atoms with Crippen LogP contribution in [0.4, 0.5) is 21.2 Å². The molecule has 8 heteroatoms. The standard InChI is InChI=1S/C25H30N4O4/c1-5-16-32-23(30)28-22-27-20-17-19(26-24(31)33-25(2,3)4)13-14-21(20)29(22)15-9-12-18-10-7-6-8-11-18/h5-8,10-11,13-14,17H,1,9,12,15-16H2,2-4H3,(H,26,31)(H,27,28,30). The number of hydrogen-bond donors (Lipinski definition) is 2. The maximum absolute atomic E-state index is 12.1. The molecule has 3 aromatic rings. The Kier molecular flexibility index (Phi) is 7.71. The third kappa shape index (κ3) is 7.10. The monoisotopic (exact) mass is 450 g/mol. The van der Waals surface area contributed by atoms with Gasteiger partial charge in [-0.3, -0.25) is 10.6 Å². The van der Waals surface area contributed by atoms with Crippen LogP contribution in [0.3, 0.4) is 0 Å². The van der Waals surface area contributed by atoms with Gasteiger partial charge in [-0.15, -0.1) is 0 Å². The number of amides is 2. The lowest BCUT2D eigenvalue weighted by Gasteiger charge is -2.19. The maximum Gasteiger partial charge on any atom is 0.414 e. The third-order valence-corrected chi connectivity index (χ3v) is 4.63. The number of aromatic nitrogens is 2. The molecule has 3 rings (SSSR count). The molecule has 33 heavy (non-hydrogen) atoms. The molecule has 0 atom stereocenters.